The number of hydrogen-bond donors (Lipinski definition) is 2. The summed E-state index contributed by atoms with van der Waals surface area (Å²) in [4.78, 5) is 40.0. The molecule has 3 aromatic rings. The van der Waals surface area contributed by atoms with Crippen LogP contribution in [0.2, 0.25) is 0 Å². The van der Waals surface area contributed by atoms with E-state index >= 15 is 0 Å². The van der Waals surface area contributed by atoms with Gasteiger partial charge in [0.1, 0.15) is 11.5 Å². The Balaban J connectivity index is 1.87. The van der Waals surface area contributed by atoms with E-state index in [1.807, 2.05) is 6.92 Å². The largest absolute Gasteiger partial charge is 0.508 e. The zero-order chi connectivity index (χ0) is 24.2. The Kier molecular flexibility index (Phi) is 6.45. The molecule has 4 rings (SSSR count). The van der Waals surface area contributed by atoms with Gasteiger partial charge in [-0.25, -0.2) is 4.79 Å². The smallest absolute Gasteiger partial charge is 0.338 e. The molecule has 0 aliphatic carbocycles. The summed E-state index contributed by atoms with van der Waals surface area (Å²) in [7, 11) is 0. The summed E-state index contributed by atoms with van der Waals surface area (Å²) >= 11 is 0. The van der Waals surface area contributed by atoms with E-state index in [1.165, 1.54) is 23.1 Å². The fourth-order valence-corrected chi connectivity index (χ4v) is 3.88. The van der Waals surface area contributed by atoms with Gasteiger partial charge in [0.05, 0.1) is 23.8 Å². The predicted molar refractivity (Wildman–Crippen MR) is 126 cm³/mol. The van der Waals surface area contributed by atoms with Crippen molar-refractivity contribution >= 4 is 29.1 Å². The molecule has 0 spiro atoms. The van der Waals surface area contributed by atoms with Gasteiger partial charge in [-0.1, -0.05) is 55.5 Å². The summed E-state index contributed by atoms with van der Waals surface area (Å²) < 4.78 is 5.20. The first-order valence-electron chi connectivity index (χ1n) is 10.8. The number of hydrogen-bond acceptors (Lipinski definition) is 6. The van der Waals surface area contributed by atoms with Gasteiger partial charge in [0.2, 0.25) is 0 Å². The van der Waals surface area contributed by atoms with Crippen molar-refractivity contribution in [3.63, 3.8) is 0 Å². The third-order valence-corrected chi connectivity index (χ3v) is 5.50. The van der Waals surface area contributed by atoms with Gasteiger partial charge in [-0.3, -0.25) is 14.5 Å². The number of ketones is 1. The average molecular weight is 457 g/mol. The van der Waals surface area contributed by atoms with Crippen molar-refractivity contribution in [3.05, 3.63) is 101 Å². The van der Waals surface area contributed by atoms with E-state index in [-0.39, 0.29) is 29.3 Å². The normalized spacial score (nSPS) is 17.1. The van der Waals surface area contributed by atoms with Gasteiger partial charge in [0.15, 0.2) is 0 Å². The Morgan fingerprint density at radius 1 is 0.941 bits per heavy atom. The molecule has 0 bridgehead atoms. The molecule has 0 saturated carbocycles. The lowest BCUT2D eigenvalue weighted by Crippen LogP contribution is -2.29. The van der Waals surface area contributed by atoms with E-state index in [0.29, 0.717) is 23.2 Å². The maximum atomic E-state index is 13.2. The standard InChI is InChI=1S/C27H23NO6/c1-2-15-34-27(33)19-9-6-10-20(16-19)28-23(17-11-13-21(29)14-12-17)22(25(31)26(28)32)24(30)18-7-4-3-5-8-18/h3-14,16,23,29-30H,2,15H2,1H3/b24-22+. The molecule has 1 aliphatic heterocycles. The molecule has 1 saturated heterocycles. The highest BCUT2D eigenvalue weighted by molar-refractivity contribution is 6.51. The van der Waals surface area contributed by atoms with Crippen molar-refractivity contribution in [2.24, 2.45) is 0 Å². The molecule has 1 heterocycles. The highest BCUT2D eigenvalue weighted by Gasteiger charge is 2.47. The fourth-order valence-electron chi connectivity index (χ4n) is 3.88. The second kappa shape index (κ2) is 9.62. The minimum Gasteiger partial charge on any atom is -0.508 e. The highest BCUT2D eigenvalue weighted by atomic mass is 16.5. The van der Waals surface area contributed by atoms with Gasteiger partial charge in [0, 0.05) is 11.3 Å². The second-order valence-corrected chi connectivity index (χ2v) is 7.81. The number of carbonyl (C=O) groups excluding carboxylic acids is 3. The first-order chi connectivity index (χ1) is 16.4. The molecular formula is C27H23NO6. The van der Waals surface area contributed by atoms with Crippen LogP contribution in [0.15, 0.2) is 84.4 Å². The summed E-state index contributed by atoms with van der Waals surface area (Å²) in [5.41, 5.74) is 1.36. The van der Waals surface area contributed by atoms with Crippen molar-refractivity contribution in [2.75, 3.05) is 11.5 Å². The molecule has 172 valence electrons. The molecular weight excluding hydrogens is 434 g/mol. The van der Waals surface area contributed by atoms with Crippen molar-refractivity contribution < 1.29 is 29.3 Å². The number of rotatable bonds is 6. The summed E-state index contributed by atoms with van der Waals surface area (Å²) in [5.74, 6) is -2.51. The van der Waals surface area contributed by atoms with Crippen LogP contribution in [0.1, 0.15) is 40.9 Å². The lowest BCUT2D eigenvalue weighted by molar-refractivity contribution is -0.132. The van der Waals surface area contributed by atoms with Crippen molar-refractivity contribution in [3.8, 4) is 5.75 Å². The number of phenols is 1. The second-order valence-electron chi connectivity index (χ2n) is 7.81. The maximum absolute atomic E-state index is 13.2. The number of Topliss-reactive ketones (excluding diaryl/α,β-unsaturated/α-hetero) is 1. The van der Waals surface area contributed by atoms with Crippen LogP contribution in [-0.2, 0) is 14.3 Å². The molecule has 0 aromatic heterocycles. The number of anilines is 1. The summed E-state index contributed by atoms with van der Waals surface area (Å²) in [6.07, 6.45) is 0.667. The number of aliphatic hydroxyl groups is 1. The quantitative estimate of drug-likeness (QED) is 0.243. The monoisotopic (exact) mass is 457 g/mol. The predicted octanol–water partition coefficient (Wildman–Crippen LogP) is 4.59. The van der Waals surface area contributed by atoms with E-state index in [0.717, 1.165) is 0 Å². The zero-order valence-electron chi connectivity index (χ0n) is 18.5. The molecule has 1 amide bonds. The molecule has 1 aliphatic rings. The molecule has 1 fully saturated rings. The van der Waals surface area contributed by atoms with E-state index < -0.39 is 23.7 Å². The highest BCUT2D eigenvalue weighted by Crippen LogP contribution is 2.42. The molecule has 1 unspecified atom stereocenters. The van der Waals surface area contributed by atoms with Crippen LogP contribution >= 0.6 is 0 Å². The first kappa shape index (κ1) is 22.8. The van der Waals surface area contributed by atoms with Gasteiger partial charge in [-0.05, 0) is 42.3 Å². The Bertz CT molecular complexity index is 1260. The SMILES string of the molecule is CCCOC(=O)c1cccc(N2C(=O)C(=O)/C(=C(/O)c3ccccc3)C2c2ccc(O)cc2)c1. The van der Waals surface area contributed by atoms with Gasteiger partial charge < -0.3 is 14.9 Å². The van der Waals surface area contributed by atoms with Gasteiger partial charge >= 0.3 is 5.97 Å². The Morgan fingerprint density at radius 3 is 2.29 bits per heavy atom. The molecule has 2 N–H and O–H groups in total. The average Bonchev–Trinajstić information content (AvgIpc) is 3.13. The summed E-state index contributed by atoms with van der Waals surface area (Å²) in [5, 5.41) is 20.8. The summed E-state index contributed by atoms with van der Waals surface area (Å²) in [6.45, 7) is 2.14. The number of nitrogens with zero attached hydrogens (tertiary/aromatic N) is 1. The van der Waals surface area contributed by atoms with Crippen LogP contribution in [0.5, 0.6) is 5.75 Å². The van der Waals surface area contributed by atoms with E-state index in [2.05, 4.69) is 0 Å². The number of esters is 1. The lowest BCUT2D eigenvalue weighted by Gasteiger charge is -2.25. The number of aliphatic hydroxyl groups excluding tert-OH is 1. The molecule has 0 radical (unpaired) electrons. The van der Waals surface area contributed by atoms with Crippen LogP contribution in [-0.4, -0.2) is 34.5 Å². The van der Waals surface area contributed by atoms with E-state index in [1.54, 1.807) is 60.7 Å². The number of benzene rings is 3. The van der Waals surface area contributed by atoms with Crippen LogP contribution in [0.25, 0.3) is 5.76 Å². The minimum absolute atomic E-state index is 0.0180. The Hall–Kier alpha value is -4.39. The van der Waals surface area contributed by atoms with E-state index in [9.17, 15) is 24.6 Å². The van der Waals surface area contributed by atoms with E-state index in [4.69, 9.17) is 4.74 Å². The van der Waals surface area contributed by atoms with Crippen molar-refractivity contribution in [1.82, 2.24) is 0 Å². The third kappa shape index (κ3) is 4.28. The van der Waals surface area contributed by atoms with Gasteiger partial charge in [-0.15, -0.1) is 0 Å². The van der Waals surface area contributed by atoms with Crippen molar-refractivity contribution in [1.29, 1.82) is 0 Å². The number of carbonyl (C=O) groups is 3. The fraction of sp³-hybridized carbons (Fsp3) is 0.148. The summed E-state index contributed by atoms with van der Waals surface area (Å²) in [6, 6.07) is 19.8. The molecule has 7 heteroatoms. The zero-order valence-corrected chi connectivity index (χ0v) is 18.5. The molecule has 1 atom stereocenters. The third-order valence-electron chi connectivity index (χ3n) is 5.50. The van der Waals surface area contributed by atoms with Crippen LogP contribution in [0.4, 0.5) is 5.69 Å². The van der Waals surface area contributed by atoms with Crippen LogP contribution in [0, 0.1) is 0 Å². The number of phenolic OH excluding ortho intramolecular Hbond substituents is 1. The van der Waals surface area contributed by atoms with Crippen molar-refractivity contribution in [2.45, 2.75) is 19.4 Å². The first-order valence-corrected chi connectivity index (χ1v) is 10.8. The minimum atomic E-state index is -0.970. The lowest BCUT2D eigenvalue weighted by atomic mass is 9.95. The van der Waals surface area contributed by atoms with Crippen LogP contribution < -0.4 is 4.90 Å². The molecule has 34 heavy (non-hydrogen) atoms. The number of amides is 1. The Morgan fingerprint density at radius 2 is 1.62 bits per heavy atom. The van der Waals surface area contributed by atoms with Gasteiger partial charge in [-0.2, -0.15) is 0 Å². The Labute approximate surface area is 196 Å². The molecule has 3 aromatic carbocycles. The number of aromatic hydroxyl groups is 1. The van der Waals surface area contributed by atoms with Gasteiger partial charge in [0.25, 0.3) is 11.7 Å². The topological polar surface area (TPSA) is 104 Å². The number of ether oxygens (including phenoxy) is 1. The molecule has 7 nitrogen and oxygen atoms in total. The van der Waals surface area contributed by atoms with Crippen LogP contribution in [0.3, 0.4) is 0 Å². The maximum Gasteiger partial charge on any atom is 0.338 e.